The fraction of sp³-hybridized carbons (Fsp3) is 0. The maximum atomic E-state index is 13.3. The summed E-state index contributed by atoms with van der Waals surface area (Å²) in [7, 11) is 0. The lowest BCUT2D eigenvalue weighted by atomic mass is 10.2. The Labute approximate surface area is 135 Å². The van der Waals surface area contributed by atoms with Crippen molar-refractivity contribution in [1.82, 2.24) is 0 Å². The zero-order valence-electron chi connectivity index (χ0n) is 11.1. The number of thiocarbonyl (C=S) groups is 1. The van der Waals surface area contributed by atoms with Crippen molar-refractivity contribution >= 4 is 46.0 Å². The zero-order valence-corrected chi connectivity index (χ0v) is 12.8. The summed E-state index contributed by atoms with van der Waals surface area (Å²) in [6.07, 6.45) is 1.57. The minimum atomic E-state index is -0.444. The molecule has 1 amide bonds. The molecular formula is C16H9F2NOS2. The largest absolute Gasteiger partial charge is 0.270 e. The van der Waals surface area contributed by atoms with E-state index in [1.54, 1.807) is 24.3 Å². The van der Waals surface area contributed by atoms with E-state index in [-0.39, 0.29) is 11.7 Å². The quantitative estimate of drug-likeness (QED) is 0.601. The van der Waals surface area contributed by atoms with Gasteiger partial charge in [-0.25, -0.2) is 8.78 Å². The molecule has 0 atom stereocenters. The third-order valence-corrected chi connectivity index (χ3v) is 4.31. The van der Waals surface area contributed by atoms with Crippen molar-refractivity contribution in [2.45, 2.75) is 0 Å². The van der Waals surface area contributed by atoms with E-state index in [0.717, 1.165) is 11.8 Å². The van der Waals surface area contributed by atoms with Crippen LogP contribution in [0, 0.1) is 11.6 Å². The van der Waals surface area contributed by atoms with Crippen molar-refractivity contribution in [3.8, 4) is 0 Å². The number of anilines is 1. The average molecular weight is 333 g/mol. The van der Waals surface area contributed by atoms with Crippen molar-refractivity contribution in [3.05, 3.63) is 70.6 Å². The highest BCUT2D eigenvalue weighted by Crippen LogP contribution is 2.36. The fourth-order valence-electron chi connectivity index (χ4n) is 2.05. The first kappa shape index (κ1) is 14.9. The van der Waals surface area contributed by atoms with Crippen molar-refractivity contribution in [2.75, 3.05) is 4.90 Å². The van der Waals surface area contributed by atoms with Gasteiger partial charge in [0, 0.05) is 0 Å². The number of carbonyl (C=O) groups is 1. The van der Waals surface area contributed by atoms with Crippen LogP contribution in [0.1, 0.15) is 5.56 Å². The summed E-state index contributed by atoms with van der Waals surface area (Å²) < 4.78 is 26.8. The van der Waals surface area contributed by atoms with Crippen LogP contribution in [0.3, 0.4) is 0 Å². The van der Waals surface area contributed by atoms with Crippen LogP contribution in [-0.2, 0) is 4.79 Å². The van der Waals surface area contributed by atoms with Gasteiger partial charge in [-0.1, -0.05) is 42.2 Å². The number of rotatable bonds is 2. The zero-order chi connectivity index (χ0) is 15.7. The van der Waals surface area contributed by atoms with E-state index in [4.69, 9.17) is 12.2 Å². The molecule has 0 aliphatic carbocycles. The fourth-order valence-corrected chi connectivity index (χ4v) is 3.35. The highest BCUT2D eigenvalue weighted by atomic mass is 32.2. The summed E-state index contributed by atoms with van der Waals surface area (Å²) in [5.74, 6) is -1.17. The van der Waals surface area contributed by atoms with E-state index in [1.807, 2.05) is 0 Å². The molecule has 22 heavy (non-hydrogen) atoms. The Morgan fingerprint density at radius 1 is 1.05 bits per heavy atom. The van der Waals surface area contributed by atoms with Crippen LogP contribution in [-0.4, -0.2) is 10.2 Å². The molecule has 0 N–H and O–H groups in total. The molecule has 0 aromatic heterocycles. The number of benzene rings is 2. The molecule has 0 bridgehead atoms. The molecule has 0 spiro atoms. The Hall–Kier alpha value is -2.05. The van der Waals surface area contributed by atoms with Crippen LogP contribution in [0.25, 0.3) is 6.08 Å². The number of nitrogens with zero attached hydrogens (tertiary/aromatic N) is 1. The molecule has 2 aromatic carbocycles. The molecule has 3 rings (SSSR count). The lowest BCUT2D eigenvalue weighted by Gasteiger charge is -2.14. The summed E-state index contributed by atoms with van der Waals surface area (Å²) in [6.45, 7) is 0. The first-order valence-corrected chi connectivity index (χ1v) is 7.56. The summed E-state index contributed by atoms with van der Waals surface area (Å²) >= 11 is 6.30. The molecule has 1 heterocycles. The van der Waals surface area contributed by atoms with Gasteiger partial charge in [0.1, 0.15) is 11.6 Å². The van der Waals surface area contributed by atoms with E-state index in [2.05, 4.69) is 0 Å². The third kappa shape index (κ3) is 2.93. The van der Waals surface area contributed by atoms with Gasteiger partial charge in [0.05, 0.1) is 10.6 Å². The molecule has 1 saturated heterocycles. The molecule has 6 heteroatoms. The van der Waals surface area contributed by atoms with Crippen LogP contribution in [0.2, 0.25) is 0 Å². The Bertz CT molecular complexity index is 804. The van der Waals surface area contributed by atoms with Gasteiger partial charge in [-0.05, 0) is 42.0 Å². The lowest BCUT2D eigenvalue weighted by molar-refractivity contribution is -0.113. The molecule has 0 saturated carbocycles. The van der Waals surface area contributed by atoms with Gasteiger partial charge >= 0.3 is 0 Å². The average Bonchev–Trinajstić information content (AvgIpc) is 2.73. The second-order valence-corrected chi connectivity index (χ2v) is 6.23. The van der Waals surface area contributed by atoms with Crippen molar-refractivity contribution in [3.63, 3.8) is 0 Å². The predicted octanol–water partition coefficient (Wildman–Crippen LogP) is 4.37. The van der Waals surface area contributed by atoms with Crippen LogP contribution in [0.4, 0.5) is 14.5 Å². The minimum Gasteiger partial charge on any atom is -0.268 e. The maximum absolute atomic E-state index is 13.3. The van der Waals surface area contributed by atoms with E-state index >= 15 is 0 Å². The van der Waals surface area contributed by atoms with E-state index in [9.17, 15) is 13.6 Å². The molecule has 0 radical (unpaired) electrons. The van der Waals surface area contributed by atoms with Gasteiger partial charge < -0.3 is 0 Å². The second-order valence-electron chi connectivity index (χ2n) is 4.55. The molecule has 2 aromatic rings. The summed E-state index contributed by atoms with van der Waals surface area (Å²) in [6, 6.07) is 11.6. The Morgan fingerprint density at radius 2 is 1.73 bits per heavy atom. The van der Waals surface area contributed by atoms with Gasteiger partial charge in [0.2, 0.25) is 0 Å². The number of thioether (sulfide) groups is 1. The Kier molecular flexibility index (Phi) is 4.04. The first-order chi connectivity index (χ1) is 10.5. The topological polar surface area (TPSA) is 20.3 Å². The number of hydrogen-bond donors (Lipinski definition) is 0. The van der Waals surface area contributed by atoms with Crippen molar-refractivity contribution in [1.29, 1.82) is 0 Å². The van der Waals surface area contributed by atoms with E-state index < -0.39 is 5.82 Å². The number of halogens is 2. The molecular weight excluding hydrogens is 324 g/mol. The summed E-state index contributed by atoms with van der Waals surface area (Å²) in [5.41, 5.74) is 0.949. The molecule has 110 valence electrons. The maximum Gasteiger partial charge on any atom is 0.270 e. The van der Waals surface area contributed by atoms with Crippen LogP contribution in [0.15, 0.2) is 53.4 Å². The highest BCUT2D eigenvalue weighted by molar-refractivity contribution is 8.27. The Balaban J connectivity index is 1.95. The predicted molar refractivity (Wildman–Crippen MR) is 88.5 cm³/mol. The number of amides is 1. The van der Waals surface area contributed by atoms with E-state index in [0.29, 0.717) is 20.5 Å². The third-order valence-electron chi connectivity index (χ3n) is 3.01. The molecule has 2 nitrogen and oxygen atoms in total. The van der Waals surface area contributed by atoms with Gasteiger partial charge in [-0.2, -0.15) is 0 Å². The normalized spacial score (nSPS) is 16.6. The molecule has 1 aliphatic heterocycles. The van der Waals surface area contributed by atoms with Gasteiger partial charge in [0.15, 0.2) is 4.32 Å². The number of carbonyl (C=O) groups excluding carboxylic acids is 1. The SMILES string of the molecule is O=C1C(=Cc2cccc(F)c2)SC(=S)N1c1cccc(F)c1. The van der Waals surface area contributed by atoms with Crippen LogP contribution < -0.4 is 4.90 Å². The smallest absolute Gasteiger partial charge is 0.268 e. The monoisotopic (exact) mass is 333 g/mol. The lowest BCUT2D eigenvalue weighted by Crippen LogP contribution is -2.27. The van der Waals surface area contributed by atoms with Gasteiger partial charge in [-0.3, -0.25) is 9.69 Å². The highest BCUT2D eigenvalue weighted by Gasteiger charge is 2.33. The molecule has 0 unspecified atom stereocenters. The van der Waals surface area contributed by atoms with Crippen LogP contribution >= 0.6 is 24.0 Å². The molecule has 1 aliphatic rings. The number of hydrogen-bond acceptors (Lipinski definition) is 3. The van der Waals surface area contributed by atoms with E-state index in [1.165, 1.54) is 35.2 Å². The summed E-state index contributed by atoms with van der Waals surface area (Å²) in [4.78, 5) is 14.1. The van der Waals surface area contributed by atoms with Gasteiger partial charge in [0.25, 0.3) is 5.91 Å². The standard InChI is InChI=1S/C16H9F2NOS2/c17-11-4-1-3-10(7-11)8-14-15(20)19(16(21)22-14)13-6-2-5-12(18)9-13/h1-9H. The molecule has 1 fully saturated rings. The second kappa shape index (κ2) is 5.98. The van der Waals surface area contributed by atoms with Crippen molar-refractivity contribution in [2.24, 2.45) is 0 Å². The van der Waals surface area contributed by atoms with Gasteiger partial charge in [-0.15, -0.1) is 0 Å². The van der Waals surface area contributed by atoms with Crippen molar-refractivity contribution < 1.29 is 13.6 Å². The first-order valence-electron chi connectivity index (χ1n) is 6.34. The minimum absolute atomic E-state index is 0.318. The summed E-state index contributed by atoms with van der Waals surface area (Å²) in [5, 5.41) is 0. The van der Waals surface area contributed by atoms with Crippen LogP contribution in [0.5, 0.6) is 0 Å². The Morgan fingerprint density at radius 3 is 2.41 bits per heavy atom.